The van der Waals surface area contributed by atoms with E-state index in [0.29, 0.717) is 35.3 Å². The van der Waals surface area contributed by atoms with Gasteiger partial charge in [0.2, 0.25) is 5.91 Å². The van der Waals surface area contributed by atoms with Gasteiger partial charge in [0.15, 0.2) is 5.13 Å². The molecule has 0 saturated carbocycles. The molecule has 240 valence electrons. The number of benzene rings is 3. The van der Waals surface area contributed by atoms with Gasteiger partial charge in [0.1, 0.15) is 17.3 Å². The van der Waals surface area contributed by atoms with E-state index in [1.54, 1.807) is 4.90 Å². The summed E-state index contributed by atoms with van der Waals surface area (Å²) in [4.78, 5) is 32.7. The van der Waals surface area contributed by atoms with Gasteiger partial charge in [-0.15, -0.1) is 0 Å². The van der Waals surface area contributed by atoms with Crippen LogP contribution >= 0.6 is 11.3 Å². The third-order valence-electron chi connectivity index (χ3n) is 8.48. The molecule has 0 unspecified atom stereocenters. The molecule has 47 heavy (non-hydrogen) atoms. The Morgan fingerprint density at radius 3 is 2.43 bits per heavy atom. The van der Waals surface area contributed by atoms with Crippen LogP contribution in [0.2, 0.25) is 0 Å². The number of hydrogen-bond donors (Lipinski definition) is 2. The normalized spacial score (nSPS) is 14.4. The molecular weight excluding hydrogens is 609 g/mol. The smallest absolute Gasteiger partial charge is 0.324 e. The summed E-state index contributed by atoms with van der Waals surface area (Å²) in [5.74, 6) is 2.58. The van der Waals surface area contributed by atoms with Crippen LogP contribution in [0, 0.1) is 5.92 Å². The average Bonchev–Trinajstić information content (AvgIpc) is 3.82. The van der Waals surface area contributed by atoms with Gasteiger partial charge in [-0.25, -0.2) is 14.5 Å². The number of urea groups is 1. The van der Waals surface area contributed by atoms with E-state index in [4.69, 9.17) is 9.84 Å². The highest BCUT2D eigenvalue weighted by molar-refractivity contribution is 7.19. The zero-order valence-corrected chi connectivity index (χ0v) is 27.5. The van der Waals surface area contributed by atoms with E-state index >= 15 is 0 Å². The molecule has 7 rings (SSSR count). The van der Waals surface area contributed by atoms with Crippen molar-refractivity contribution in [1.29, 1.82) is 0 Å². The minimum atomic E-state index is -0.344. The van der Waals surface area contributed by atoms with Gasteiger partial charge in [0.05, 0.1) is 16.3 Å². The molecular formula is C37H38N6O3S. The molecule has 1 aliphatic heterocycles. The topological polar surface area (TPSA) is 101 Å². The lowest BCUT2D eigenvalue weighted by molar-refractivity contribution is -0.119. The van der Waals surface area contributed by atoms with E-state index in [2.05, 4.69) is 47.7 Å². The molecule has 0 atom stereocenters. The van der Waals surface area contributed by atoms with Gasteiger partial charge in [-0.2, -0.15) is 5.10 Å². The van der Waals surface area contributed by atoms with Gasteiger partial charge < -0.3 is 10.1 Å². The van der Waals surface area contributed by atoms with Crippen molar-refractivity contribution in [3.8, 4) is 27.6 Å². The van der Waals surface area contributed by atoms with Crippen molar-refractivity contribution in [2.24, 2.45) is 5.92 Å². The number of carbonyl (C=O) groups excluding carboxylic acids is 2. The number of carbonyl (C=O) groups is 2. The lowest BCUT2D eigenvalue weighted by Gasteiger charge is -2.23. The standard InChI is InChI=1S/C37H38N6O3S/c1-24(2)20-29-22-34(43(41-29)30-14-9-25-6-5-7-27(25)21-30)40-36(45)39-28-12-17-32(18-13-28)46-31-15-10-26(11-16-31)33-23-38-37(47-33)42-19-4-3-8-35(42)44/h9-18,21-24H,3-8,19-20H2,1-2H3,(H2,39,40,45). The van der Waals surface area contributed by atoms with Crippen molar-refractivity contribution in [2.75, 3.05) is 22.1 Å². The Balaban J connectivity index is 0.977. The molecule has 9 nitrogen and oxygen atoms in total. The van der Waals surface area contributed by atoms with Crippen LogP contribution < -0.4 is 20.3 Å². The maximum atomic E-state index is 13.1. The van der Waals surface area contributed by atoms with Crippen LogP contribution in [-0.4, -0.2) is 33.2 Å². The molecule has 1 fully saturated rings. The molecule has 3 amide bonds. The SMILES string of the molecule is CC(C)Cc1cc(NC(=O)Nc2ccc(Oc3ccc(-c4cnc(N5CCCCC5=O)s4)cc3)cc2)n(-c2ccc3c(c2)CCC3)n1. The maximum absolute atomic E-state index is 13.1. The average molecular weight is 647 g/mol. The molecule has 0 spiro atoms. The van der Waals surface area contributed by atoms with Gasteiger partial charge in [-0.05, 0) is 122 Å². The van der Waals surface area contributed by atoms with Crippen molar-refractivity contribution < 1.29 is 14.3 Å². The molecule has 2 aromatic heterocycles. The van der Waals surface area contributed by atoms with Crippen LogP contribution in [0.4, 0.5) is 21.4 Å². The predicted octanol–water partition coefficient (Wildman–Crippen LogP) is 8.64. The summed E-state index contributed by atoms with van der Waals surface area (Å²) >= 11 is 1.53. The molecule has 2 aliphatic rings. The van der Waals surface area contributed by atoms with Gasteiger partial charge in [-0.1, -0.05) is 31.3 Å². The van der Waals surface area contributed by atoms with Crippen molar-refractivity contribution in [3.63, 3.8) is 0 Å². The number of hydrogen-bond acceptors (Lipinski definition) is 6. The molecule has 2 N–H and O–H groups in total. The van der Waals surface area contributed by atoms with Crippen molar-refractivity contribution in [3.05, 3.63) is 95.8 Å². The first-order valence-electron chi connectivity index (χ1n) is 16.3. The molecule has 10 heteroatoms. The highest BCUT2D eigenvalue weighted by Crippen LogP contribution is 2.34. The quantitative estimate of drug-likeness (QED) is 0.167. The summed E-state index contributed by atoms with van der Waals surface area (Å²) in [6.45, 7) is 5.06. The fourth-order valence-electron chi connectivity index (χ4n) is 6.16. The van der Waals surface area contributed by atoms with Crippen LogP contribution in [0.3, 0.4) is 0 Å². The second-order valence-electron chi connectivity index (χ2n) is 12.6. The molecule has 3 heterocycles. The number of ether oxygens (including phenoxy) is 1. The fourth-order valence-corrected chi connectivity index (χ4v) is 7.13. The largest absolute Gasteiger partial charge is 0.457 e. The first kappa shape index (κ1) is 30.7. The molecule has 1 aliphatic carbocycles. The van der Waals surface area contributed by atoms with Gasteiger partial charge in [0.25, 0.3) is 0 Å². The van der Waals surface area contributed by atoms with Gasteiger partial charge in [0, 0.05) is 30.9 Å². The first-order valence-corrected chi connectivity index (χ1v) is 17.1. The van der Waals surface area contributed by atoms with Crippen LogP contribution in [0.25, 0.3) is 16.1 Å². The third kappa shape index (κ3) is 7.07. The summed E-state index contributed by atoms with van der Waals surface area (Å²) in [5.41, 5.74) is 6.32. The first-order chi connectivity index (χ1) is 22.9. The number of amides is 3. The minimum Gasteiger partial charge on any atom is -0.457 e. The van der Waals surface area contributed by atoms with E-state index in [1.807, 2.05) is 65.5 Å². The van der Waals surface area contributed by atoms with E-state index in [0.717, 1.165) is 65.6 Å². The molecule has 0 bridgehead atoms. The van der Waals surface area contributed by atoms with Crippen molar-refractivity contribution in [1.82, 2.24) is 14.8 Å². The molecule has 0 radical (unpaired) electrons. The van der Waals surface area contributed by atoms with Crippen molar-refractivity contribution in [2.45, 2.75) is 58.8 Å². The Hall–Kier alpha value is -4.96. The lowest BCUT2D eigenvalue weighted by Crippen LogP contribution is -2.34. The van der Waals surface area contributed by atoms with E-state index in [-0.39, 0.29) is 11.9 Å². The Kier molecular flexibility index (Phi) is 8.76. The zero-order valence-electron chi connectivity index (χ0n) is 26.7. The van der Waals surface area contributed by atoms with E-state index in [9.17, 15) is 9.59 Å². The van der Waals surface area contributed by atoms with Gasteiger partial charge in [-0.3, -0.25) is 15.0 Å². The van der Waals surface area contributed by atoms with E-state index < -0.39 is 0 Å². The number of nitrogens with one attached hydrogen (secondary N) is 2. The number of anilines is 3. The number of thiazole rings is 1. The van der Waals surface area contributed by atoms with Crippen molar-refractivity contribution >= 4 is 39.9 Å². The van der Waals surface area contributed by atoms with Crippen LogP contribution in [0.5, 0.6) is 11.5 Å². The zero-order chi connectivity index (χ0) is 32.3. The number of piperidine rings is 1. The number of fused-ring (bicyclic) bond motifs is 1. The number of nitrogens with zero attached hydrogens (tertiary/aromatic N) is 4. The van der Waals surface area contributed by atoms with Crippen LogP contribution in [-0.2, 0) is 24.1 Å². The molecule has 3 aromatic carbocycles. The highest BCUT2D eigenvalue weighted by atomic mass is 32.1. The summed E-state index contributed by atoms with van der Waals surface area (Å²) in [6, 6.07) is 23.2. The maximum Gasteiger partial charge on any atom is 0.324 e. The second kappa shape index (κ2) is 13.4. The monoisotopic (exact) mass is 646 g/mol. The fraction of sp³-hybridized carbons (Fsp3) is 0.297. The Labute approximate surface area is 278 Å². The summed E-state index contributed by atoms with van der Waals surface area (Å²) < 4.78 is 7.90. The Morgan fingerprint density at radius 1 is 0.894 bits per heavy atom. The molecule has 5 aromatic rings. The second-order valence-corrected chi connectivity index (χ2v) is 13.6. The summed E-state index contributed by atoms with van der Waals surface area (Å²) in [6.07, 6.45) is 8.58. The third-order valence-corrected chi connectivity index (χ3v) is 9.55. The lowest BCUT2D eigenvalue weighted by atomic mass is 10.1. The number of aromatic nitrogens is 3. The minimum absolute atomic E-state index is 0.149. The molecule has 1 saturated heterocycles. The number of rotatable bonds is 9. The van der Waals surface area contributed by atoms with E-state index in [1.165, 1.54) is 28.9 Å². The van der Waals surface area contributed by atoms with Crippen LogP contribution in [0.1, 0.15) is 56.4 Å². The Morgan fingerprint density at radius 2 is 1.66 bits per heavy atom. The Bertz CT molecular complexity index is 1890. The summed E-state index contributed by atoms with van der Waals surface area (Å²) in [5, 5.41) is 11.5. The number of aryl methyl sites for hydroxylation is 2. The summed E-state index contributed by atoms with van der Waals surface area (Å²) in [7, 11) is 0. The van der Waals surface area contributed by atoms with Crippen LogP contribution in [0.15, 0.2) is 79.0 Å². The highest BCUT2D eigenvalue weighted by Gasteiger charge is 2.22. The van der Waals surface area contributed by atoms with Gasteiger partial charge >= 0.3 is 6.03 Å². The predicted molar refractivity (Wildman–Crippen MR) is 187 cm³/mol.